The first-order valence-corrected chi connectivity index (χ1v) is 9.83. The summed E-state index contributed by atoms with van der Waals surface area (Å²) in [6, 6.07) is 5.40. The quantitative estimate of drug-likeness (QED) is 0.765. The van der Waals surface area contributed by atoms with Gasteiger partial charge in [-0.25, -0.2) is 0 Å². The third-order valence-corrected chi connectivity index (χ3v) is 7.15. The lowest BCUT2D eigenvalue weighted by molar-refractivity contribution is -0.172. The number of fused-ring (bicyclic) bond motifs is 5. The number of hydrogen-bond acceptors (Lipinski definition) is 3. The van der Waals surface area contributed by atoms with Crippen molar-refractivity contribution in [1.29, 1.82) is 0 Å². The van der Waals surface area contributed by atoms with Gasteiger partial charge in [0.25, 0.3) is 0 Å². The number of alkyl halides is 3. The Bertz CT molecular complexity index is 822. The molecule has 0 radical (unpaired) electrons. The van der Waals surface area contributed by atoms with Crippen molar-refractivity contribution in [3.8, 4) is 5.75 Å². The van der Waals surface area contributed by atoms with Gasteiger partial charge in [-0.3, -0.25) is 14.5 Å². The first-order chi connectivity index (χ1) is 13.1. The largest absolute Gasteiger partial charge is 0.508 e. The van der Waals surface area contributed by atoms with Crippen LogP contribution in [0.3, 0.4) is 0 Å². The molecule has 4 rings (SSSR count). The predicted octanol–water partition coefficient (Wildman–Crippen LogP) is 4.17. The summed E-state index contributed by atoms with van der Waals surface area (Å²) in [6.07, 6.45) is -2.49. The Morgan fingerprint density at radius 3 is 2.71 bits per heavy atom. The summed E-state index contributed by atoms with van der Waals surface area (Å²) in [5.41, 5.74) is 1.51. The number of benzene rings is 1. The van der Waals surface area contributed by atoms with E-state index in [0.29, 0.717) is 6.42 Å². The number of carbonyl (C=O) groups excluding carboxylic acids is 2. The fourth-order valence-electron chi connectivity index (χ4n) is 5.72. The Morgan fingerprint density at radius 2 is 2.00 bits per heavy atom. The molecule has 2 aliphatic carbocycles. The molecule has 4 atom stereocenters. The fraction of sp³-hybridized carbons (Fsp3) is 0.619. The molecule has 1 N–H and O–H groups in total. The number of hydrogen-bond donors (Lipinski definition) is 1. The van der Waals surface area contributed by atoms with Crippen molar-refractivity contribution >= 4 is 11.8 Å². The van der Waals surface area contributed by atoms with Crippen LogP contribution in [0, 0.1) is 17.3 Å². The van der Waals surface area contributed by atoms with Crippen LogP contribution in [0.4, 0.5) is 13.2 Å². The zero-order valence-electron chi connectivity index (χ0n) is 15.8. The van der Waals surface area contributed by atoms with Gasteiger partial charge in [0.15, 0.2) is 0 Å². The molecule has 7 heteroatoms. The molecule has 2 amide bonds. The molecule has 0 bridgehead atoms. The molecule has 152 valence electrons. The van der Waals surface area contributed by atoms with E-state index in [9.17, 15) is 27.9 Å². The molecule has 28 heavy (non-hydrogen) atoms. The molecular weight excluding hydrogens is 371 g/mol. The van der Waals surface area contributed by atoms with Gasteiger partial charge in [0.05, 0.1) is 11.8 Å². The second-order valence-corrected chi connectivity index (χ2v) is 8.67. The summed E-state index contributed by atoms with van der Waals surface area (Å²) in [4.78, 5) is 26.5. The first kappa shape index (κ1) is 19.3. The molecule has 2 fully saturated rings. The number of likely N-dealkylation sites (tertiary alicyclic amines) is 1. The number of nitrogens with zero attached hydrogens (tertiary/aromatic N) is 1. The van der Waals surface area contributed by atoms with Crippen LogP contribution in [0.1, 0.15) is 56.1 Å². The van der Waals surface area contributed by atoms with Crippen molar-refractivity contribution in [3.63, 3.8) is 0 Å². The van der Waals surface area contributed by atoms with Crippen molar-refractivity contribution in [2.75, 3.05) is 6.54 Å². The maximum absolute atomic E-state index is 13.1. The lowest BCUT2D eigenvalue weighted by Crippen LogP contribution is -2.59. The SMILES string of the molecule is C[C@]12CCC3c4ccc(O)cc4CCC3C1CC(=O)N(CCC(F)(F)F)C2=O. The molecule has 1 heterocycles. The molecule has 1 aliphatic heterocycles. The van der Waals surface area contributed by atoms with E-state index in [2.05, 4.69) is 0 Å². The number of halogens is 3. The number of phenolic OH excluding ortho intramolecular Hbond substituents is 1. The molecule has 1 saturated carbocycles. The monoisotopic (exact) mass is 395 g/mol. The smallest absolute Gasteiger partial charge is 0.390 e. The van der Waals surface area contributed by atoms with E-state index in [1.165, 1.54) is 5.56 Å². The van der Waals surface area contributed by atoms with Crippen molar-refractivity contribution in [2.45, 2.75) is 57.5 Å². The molecule has 4 nitrogen and oxygen atoms in total. The standard InChI is InChI=1S/C21H24F3NO3/c1-20-7-6-15-14-5-3-13(26)10-12(14)2-4-16(15)17(20)11-18(27)25(19(20)28)9-8-21(22,23)24/h3,5,10,15-17,26H,2,4,6-9,11H2,1H3/t15?,16?,17?,20-/m0/s1. The number of amides is 2. The Hall–Kier alpha value is -2.05. The van der Waals surface area contributed by atoms with Crippen LogP contribution < -0.4 is 0 Å². The zero-order chi connectivity index (χ0) is 20.3. The minimum absolute atomic E-state index is 0.134. The van der Waals surface area contributed by atoms with Crippen molar-refractivity contribution in [2.24, 2.45) is 17.3 Å². The van der Waals surface area contributed by atoms with Crippen LogP contribution in [0.5, 0.6) is 5.75 Å². The molecular formula is C21H24F3NO3. The number of carbonyl (C=O) groups is 2. The molecule has 0 spiro atoms. The van der Waals surface area contributed by atoms with Gasteiger partial charge in [0.1, 0.15) is 5.75 Å². The first-order valence-electron chi connectivity index (χ1n) is 9.83. The highest BCUT2D eigenvalue weighted by atomic mass is 19.4. The summed E-state index contributed by atoms with van der Waals surface area (Å²) in [6.45, 7) is 1.25. The topological polar surface area (TPSA) is 57.6 Å². The summed E-state index contributed by atoms with van der Waals surface area (Å²) in [5.74, 6) is -0.434. The van der Waals surface area contributed by atoms with Gasteiger partial charge >= 0.3 is 6.18 Å². The number of imide groups is 1. The van der Waals surface area contributed by atoms with E-state index in [1.54, 1.807) is 12.1 Å². The Labute approximate surface area is 161 Å². The van der Waals surface area contributed by atoms with E-state index >= 15 is 0 Å². The molecule has 1 aromatic rings. The third-order valence-electron chi connectivity index (χ3n) is 7.15. The number of piperidine rings is 1. The highest BCUT2D eigenvalue weighted by Gasteiger charge is 2.57. The van der Waals surface area contributed by atoms with Crippen LogP contribution in [0.25, 0.3) is 0 Å². The van der Waals surface area contributed by atoms with E-state index in [1.807, 2.05) is 13.0 Å². The predicted molar refractivity (Wildman–Crippen MR) is 95.5 cm³/mol. The summed E-state index contributed by atoms with van der Waals surface area (Å²) < 4.78 is 37.8. The van der Waals surface area contributed by atoms with E-state index in [4.69, 9.17) is 0 Å². The van der Waals surface area contributed by atoms with Crippen molar-refractivity contribution in [1.82, 2.24) is 4.90 Å². The molecule has 3 unspecified atom stereocenters. The number of phenols is 1. The lowest BCUT2D eigenvalue weighted by atomic mass is 9.52. The summed E-state index contributed by atoms with van der Waals surface area (Å²) in [5, 5.41) is 9.74. The van der Waals surface area contributed by atoms with Gasteiger partial charge in [-0.05, 0) is 66.7 Å². The lowest BCUT2D eigenvalue weighted by Gasteiger charge is -2.54. The van der Waals surface area contributed by atoms with E-state index in [0.717, 1.165) is 29.7 Å². The number of aryl methyl sites for hydroxylation is 1. The Kier molecular flexibility index (Phi) is 4.47. The van der Waals surface area contributed by atoms with Crippen molar-refractivity contribution < 1.29 is 27.9 Å². The van der Waals surface area contributed by atoms with Crippen LogP contribution in [-0.4, -0.2) is 34.5 Å². The van der Waals surface area contributed by atoms with Gasteiger partial charge < -0.3 is 5.11 Å². The van der Waals surface area contributed by atoms with E-state index in [-0.39, 0.29) is 29.9 Å². The minimum atomic E-state index is -4.39. The fourth-order valence-corrected chi connectivity index (χ4v) is 5.72. The molecule has 1 saturated heterocycles. The van der Waals surface area contributed by atoms with Gasteiger partial charge in [0, 0.05) is 13.0 Å². The third kappa shape index (κ3) is 3.08. The maximum atomic E-state index is 13.1. The highest BCUT2D eigenvalue weighted by Crippen LogP contribution is 2.58. The van der Waals surface area contributed by atoms with Crippen LogP contribution in [-0.2, 0) is 16.0 Å². The molecule has 0 aromatic heterocycles. The Morgan fingerprint density at radius 1 is 1.25 bits per heavy atom. The average Bonchev–Trinajstić information content (AvgIpc) is 2.61. The second kappa shape index (κ2) is 6.49. The summed E-state index contributed by atoms with van der Waals surface area (Å²) in [7, 11) is 0. The van der Waals surface area contributed by atoms with Crippen LogP contribution in [0.15, 0.2) is 18.2 Å². The van der Waals surface area contributed by atoms with E-state index < -0.39 is 36.4 Å². The maximum Gasteiger partial charge on any atom is 0.390 e. The molecule has 3 aliphatic rings. The average molecular weight is 395 g/mol. The normalized spacial score (nSPS) is 32.6. The summed E-state index contributed by atoms with van der Waals surface area (Å²) >= 11 is 0. The van der Waals surface area contributed by atoms with Crippen molar-refractivity contribution in [3.05, 3.63) is 29.3 Å². The number of rotatable bonds is 2. The van der Waals surface area contributed by atoms with Crippen LogP contribution in [0.2, 0.25) is 0 Å². The Balaban J connectivity index is 1.60. The molecule has 1 aromatic carbocycles. The second-order valence-electron chi connectivity index (χ2n) is 8.67. The highest BCUT2D eigenvalue weighted by molar-refractivity contribution is 6.01. The number of aromatic hydroxyl groups is 1. The van der Waals surface area contributed by atoms with Gasteiger partial charge in [-0.1, -0.05) is 13.0 Å². The zero-order valence-corrected chi connectivity index (χ0v) is 15.8. The minimum Gasteiger partial charge on any atom is -0.508 e. The van der Waals surface area contributed by atoms with Crippen LogP contribution >= 0.6 is 0 Å². The van der Waals surface area contributed by atoms with Gasteiger partial charge in [-0.2, -0.15) is 13.2 Å². The van der Waals surface area contributed by atoms with Gasteiger partial charge in [0.2, 0.25) is 11.8 Å². The van der Waals surface area contributed by atoms with Gasteiger partial charge in [-0.15, -0.1) is 0 Å².